The number of hydrogen-bond donors (Lipinski definition) is 0. The molecule has 1 amide bonds. The Hall–Kier alpha value is -1.38. The van der Waals surface area contributed by atoms with Crippen molar-refractivity contribution in [3.63, 3.8) is 0 Å². The first-order chi connectivity index (χ1) is 9.50. The van der Waals surface area contributed by atoms with Crippen molar-refractivity contribution in [3.05, 3.63) is 29.3 Å². The van der Waals surface area contributed by atoms with E-state index in [0.717, 1.165) is 24.1 Å². The molecule has 0 bridgehead atoms. The third-order valence-electron chi connectivity index (χ3n) is 4.76. The molecule has 1 heterocycles. The molecule has 0 aromatic heterocycles. The standard InChI is InChI=1S/C17H22FNO/c1-12-8-9-15-14(10-12)17(2,18)16(20)19(15)11-13-6-4-3-5-7-13/h8-10,13H,3-7,11H2,1-2H3. The number of halogens is 1. The van der Waals surface area contributed by atoms with Crippen LogP contribution in [0, 0.1) is 12.8 Å². The summed E-state index contributed by atoms with van der Waals surface area (Å²) in [7, 11) is 0. The van der Waals surface area contributed by atoms with E-state index in [4.69, 9.17) is 0 Å². The first kappa shape index (κ1) is 13.6. The van der Waals surface area contributed by atoms with E-state index in [2.05, 4.69) is 0 Å². The molecule has 1 unspecified atom stereocenters. The van der Waals surface area contributed by atoms with Crippen molar-refractivity contribution in [1.82, 2.24) is 0 Å². The number of anilines is 1. The van der Waals surface area contributed by atoms with Crippen molar-refractivity contribution in [2.45, 2.75) is 51.6 Å². The van der Waals surface area contributed by atoms with Crippen molar-refractivity contribution in [2.24, 2.45) is 5.92 Å². The minimum atomic E-state index is -1.87. The summed E-state index contributed by atoms with van der Waals surface area (Å²) in [6.45, 7) is 4.01. The Balaban J connectivity index is 1.90. The molecule has 2 aliphatic rings. The van der Waals surface area contributed by atoms with Crippen molar-refractivity contribution in [3.8, 4) is 0 Å². The van der Waals surface area contributed by atoms with E-state index in [-0.39, 0.29) is 5.91 Å². The summed E-state index contributed by atoms with van der Waals surface area (Å²) in [6, 6.07) is 5.67. The monoisotopic (exact) mass is 275 g/mol. The lowest BCUT2D eigenvalue weighted by Gasteiger charge is -2.27. The fourth-order valence-electron chi connectivity index (χ4n) is 3.55. The second kappa shape index (κ2) is 4.87. The number of benzene rings is 1. The van der Waals surface area contributed by atoms with Gasteiger partial charge in [0.15, 0.2) is 0 Å². The SMILES string of the molecule is Cc1ccc2c(c1)C(C)(F)C(=O)N2CC1CCCCC1. The van der Waals surface area contributed by atoms with E-state index in [1.54, 1.807) is 4.90 Å². The van der Waals surface area contributed by atoms with Gasteiger partial charge in [-0.25, -0.2) is 4.39 Å². The van der Waals surface area contributed by atoms with Gasteiger partial charge in [0.25, 0.3) is 5.91 Å². The van der Waals surface area contributed by atoms with Crippen molar-refractivity contribution in [1.29, 1.82) is 0 Å². The van der Waals surface area contributed by atoms with Crippen LogP contribution in [0.25, 0.3) is 0 Å². The highest BCUT2D eigenvalue weighted by atomic mass is 19.1. The number of nitrogens with zero attached hydrogens (tertiary/aromatic N) is 1. The Morgan fingerprint density at radius 2 is 2.00 bits per heavy atom. The van der Waals surface area contributed by atoms with Gasteiger partial charge in [0, 0.05) is 12.1 Å². The summed E-state index contributed by atoms with van der Waals surface area (Å²) in [6.07, 6.45) is 6.09. The molecule has 1 fully saturated rings. The highest BCUT2D eigenvalue weighted by Gasteiger charge is 2.48. The van der Waals surface area contributed by atoms with Crippen LogP contribution in [0.15, 0.2) is 18.2 Å². The van der Waals surface area contributed by atoms with Crippen LogP contribution in [0.5, 0.6) is 0 Å². The number of alkyl halides is 1. The summed E-state index contributed by atoms with van der Waals surface area (Å²) in [4.78, 5) is 14.1. The molecular formula is C17H22FNO. The number of carbonyl (C=O) groups is 1. The van der Waals surface area contributed by atoms with E-state index in [9.17, 15) is 9.18 Å². The Bertz CT molecular complexity index is 532. The molecule has 2 nitrogen and oxygen atoms in total. The zero-order chi connectivity index (χ0) is 14.3. The van der Waals surface area contributed by atoms with Crippen LogP contribution in [0.2, 0.25) is 0 Å². The number of carbonyl (C=O) groups excluding carboxylic acids is 1. The van der Waals surface area contributed by atoms with Crippen LogP contribution in [0.4, 0.5) is 10.1 Å². The lowest BCUT2D eigenvalue weighted by Crippen LogP contribution is -2.38. The largest absolute Gasteiger partial charge is 0.309 e. The molecular weight excluding hydrogens is 253 g/mol. The van der Waals surface area contributed by atoms with Crippen LogP contribution < -0.4 is 4.90 Å². The molecule has 1 atom stereocenters. The molecule has 108 valence electrons. The van der Waals surface area contributed by atoms with Gasteiger partial charge in [0.2, 0.25) is 5.67 Å². The van der Waals surface area contributed by atoms with Gasteiger partial charge in [0.1, 0.15) is 0 Å². The Labute approximate surface area is 120 Å². The molecule has 1 aliphatic heterocycles. The van der Waals surface area contributed by atoms with Crippen molar-refractivity contribution in [2.75, 3.05) is 11.4 Å². The molecule has 0 N–H and O–H groups in total. The molecule has 0 radical (unpaired) electrons. The lowest BCUT2D eigenvalue weighted by molar-refractivity contribution is -0.128. The third kappa shape index (κ3) is 2.13. The normalized spacial score (nSPS) is 26.9. The number of fused-ring (bicyclic) bond motifs is 1. The number of amides is 1. The van der Waals surface area contributed by atoms with Gasteiger partial charge in [0.05, 0.1) is 5.69 Å². The molecule has 3 heteroatoms. The maximum Gasteiger partial charge on any atom is 0.269 e. The van der Waals surface area contributed by atoms with Gasteiger partial charge in [-0.3, -0.25) is 4.79 Å². The zero-order valence-electron chi connectivity index (χ0n) is 12.3. The average molecular weight is 275 g/mol. The van der Waals surface area contributed by atoms with E-state index >= 15 is 0 Å². The molecule has 3 rings (SSSR count). The molecule has 1 aliphatic carbocycles. The van der Waals surface area contributed by atoms with Gasteiger partial charge in [-0.05, 0) is 38.7 Å². The third-order valence-corrected chi connectivity index (χ3v) is 4.76. The summed E-state index contributed by atoms with van der Waals surface area (Å²) in [5, 5.41) is 0. The van der Waals surface area contributed by atoms with Gasteiger partial charge in [-0.2, -0.15) is 0 Å². The second-order valence-electron chi connectivity index (χ2n) is 6.44. The molecule has 1 aromatic carbocycles. The molecule has 0 spiro atoms. The molecule has 1 aromatic rings. The Kier molecular flexibility index (Phi) is 3.31. The van der Waals surface area contributed by atoms with E-state index in [1.165, 1.54) is 26.2 Å². The number of aryl methyl sites for hydroxylation is 1. The highest BCUT2D eigenvalue weighted by molar-refractivity contribution is 6.06. The Morgan fingerprint density at radius 3 is 2.70 bits per heavy atom. The summed E-state index contributed by atoms with van der Waals surface area (Å²) in [5.41, 5.74) is 0.449. The maximum absolute atomic E-state index is 14.8. The van der Waals surface area contributed by atoms with Crippen molar-refractivity contribution >= 4 is 11.6 Å². The molecule has 0 saturated heterocycles. The molecule has 1 saturated carbocycles. The Morgan fingerprint density at radius 1 is 1.30 bits per heavy atom. The predicted octanol–water partition coefficient (Wildman–Crippen LogP) is 4.11. The van der Waals surface area contributed by atoms with Crippen molar-refractivity contribution < 1.29 is 9.18 Å². The van der Waals surface area contributed by atoms with Gasteiger partial charge >= 0.3 is 0 Å². The number of hydrogen-bond acceptors (Lipinski definition) is 1. The predicted molar refractivity (Wildman–Crippen MR) is 78.6 cm³/mol. The first-order valence-corrected chi connectivity index (χ1v) is 7.62. The minimum Gasteiger partial charge on any atom is -0.309 e. The first-order valence-electron chi connectivity index (χ1n) is 7.62. The topological polar surface area (TPSA) is 20.3 Å². The summed E-state index contributed by atoms with van der Waals surface area (Å²) >= 11 is 0. The van der Waals surface area contributed by atoms with Crippen LogP contribution in [-0.2, 0) is 10.5 Å². The maximum atomic E-state index is 14.8. The average Bonchev–Trinajstić information content (AvgIpc) is 2.62. The minimum absolute atomic E-state index is 0.385. The quantitative estimate of drug-likeness (QED) is 0.795. The fraction of sp³-hybridized carbons (Fsp3) is 0.588. The second-order valence-corrected chi connectivity index (χ2v) is 6.44. The van der Waals surface area contributed by atoms with Gasteiger partial charge < -0.3 is 4.90 Å². The van der Waals surface area contributed by atoms with E-state index in [1.807, 2.05) is 25.1 Å². The van der Waals surface area contributed by atoms with E-state index < -0.39 is 5.67 Å². The lowest BCUT2D eigenvalue weighted by atomic mass is 9.89. The highest BCUT2D eigenvalue weighted by Crippen LogP contribution is 2.44. The van der Waals surface area contributed by atoms with Crippen LogP contribution in [0.3, 0.4) is 0 Å². The number of rotatable bonds is 2. The molecule has 20 heavy (non-hydrogen) atoms. The van der Waals surface area contributed by atoms with Crippen LogP contribution in [-0.4, -0.2) is 12.5 Å². The fourth-order valence-corrected chi connectivity index (χ4v) is 3.55. The van der Waals surface area contributed by atoms with Crippen LogP contribution >= 0.6 is 0 Å². The van der Waals surface area contributed by atoms with Crippen LogP contribution in [0.1, 0.15) is 50.2 Å². The van der Waals surface area contributed by atoms with Gasteiger partial charge in [-0.1, -0.05) is 37.0 Å². The smallest absolute Gasteiger partial charge is 0.269 e. The summed E-state index contributed by atoms with van der Waals surface area (Å²) in [5.74, 6) is 0.138. The van der Waals surface area contributed by atoms with Gasteiger partial charge in [-0.15, -0.1) is 0 Å². The zero-order valence-corrected chi connectivity index (χ0v) is 12.3. The van der Waals surface area contributed by atoms with E-state index in [0.29, 0.717) is 18.0 Å². The summed E-state index contributed by atoms with van der Waals surface area (Å²) < 4.78 is 14.8.